The summed E-state index contributed by atoms with van der Waals surface area (Å²) >= 11 is 1.64. The molecule has 1 amide bonds. The van der Waals surface area contributed by atoms with Gasteiger partial charge in [-0.25, -0.2) is 4.99 Å². The van der Waals surface area contributed by atoms with Crippen LogP contribution in [-0.4, -0.2) is 32.2 Å². The van der Waals surface area contributed by atoms with Crippen LogP contribution in [0.4, 0.5) is 17.1 Å². The van der Waals surface area contributed by atoms with E-state index in [2.05, 4.69) is 10.3 Å². The number of amidine groups is 1. The second-order valence-electron chi connectivity index (χ2n) is 8.27. The number of hydrogen-bond donors (Lipinski definition) is 3. The van der Waals surface area contributed by atoms with Crippen LogP contribution in [0.2, 0.25) is 0 Å². The molecule has 3 aromatic rings. The maximum Gasteiger partial charge on any atom is 0.211 e. The van der Waals surface area contributed by atoms with Crippen LogP contribution in [0.1, 0.15) is 55.7 Å². The Hall–Kier alpha value is -3.65. The van der Waals surface area contributed by atoms with Gasteiger partial charge in [0, 0.05) is 21.8 Å². The summed E-state index contributed by atoms with van der Waals surface area (Å²) in [4.78, 5) is 16.8. The molecule has 0 radical (unpaired) electrons. The maximum atomic E-state index is 11.1. The van der Waals surface area contributed by atoms with E-state index in [-0.39, 0.29) is 5.92 Å². The average molecular weight is 521 g/mol. The van der Waals surface area contributed by atoms with Gasteiger partial charge in [0.1, 0.15) is 23.0 Å². The zero-order valence-electron chi connectivity index (χ0n) is 22.1. The van der Waals surface area contributed by atoms with Crippen molar-refractivity contribution in [3.63, 3.8) is 0 Å². The Bertz CT molecular complexity index is 1260. The molecular weight excluding hydrogens is 484 g/mol. The standard InChI is InChI=1S/C27H30N4O3S.C2H6/c1-4-34-26-13-18(35-3)7-10-25(26)31-27(29)19-8-5-16(11-23(19)28)20-14-21(20)22-12-17(33-2)6-9-24(22)30-15-32;1-2/h5-13,15,20-21H,4,14,28H2,1-3H3,(H2,29,31)(H,30,32);1-2H3. The normalized spacial score (nSPS) is 16.3. The lowest BCUT2D eigenvalue weighted by Crippen LogP contribution is -2.15. The molecule has 4 rings (SSSR count). The third kappa shape index (κ3) is 6.57. The van der Waals surface area contributed by atoms with Gasteiger partial charge in [0.05, 0.1) is 13.7 Å². The summed E-state index contributed by atoms with van der Waals surface area (Å²) in [5.41, 5.74) is 17.7. The zero-order chi connectivity index (χ0) is 26.9. The Labute approximate surface area is 223 Å². The lowest BCUT2D eigenvalue weighted by molar-refractivity contribution is -0.105. The molecule has 0 heterocycles. The van der Waals surface area contributed by atoms with Crippen molar-refractivity contribution in [2.75, 3.05) is 31.0 Å². The highest BCUT2D eigenvalue weighted by atomic mass is 32.2. The highest BCUT2D eigenvalue weighted by Crippen LogP contribution is 2.57. The number of nitrogens with one attached hydrogen (secondary N) is 1. The van der Waals surface area contributed by atoms with E-state index >= 15 is 0 Å². The van der Waals surface area contributed by atoms with Gasteiger partial charge in [-0.05, 0) is 91.1 Å². The maximum absolute atomic E-state index is 11.1. The monoisotopic (exact) mass is 520 g/mol. The van der Waals surface area contributed by atoms with Crippen LogP contribution in [-0.2, 0) is 4.79 Å². The molecule has 1 aliphatic carbocycles. The van der Waals surface area contributed by atoms with Crippen LogP contribution in [0, 0.1) is 0 Å². The van der Waals surface area contributed by atoms with Crippen molar-refractivity contribution in [2.45, 2.75) is 43.9 Å². The van der Waals surface area contributed by atoms with Gasteiger partial charge in [0.25, 0.3) is 0 Å². The van der Waals surface area contributed by atoms with Crippen molar-refractivity contribution in [1.29, 1.82) is 0 Å². The lowest BCUT2D eigenvalue weighted by Gasteiger charge is -2.12. The Morgan fingerprint density at radius 3 is 2.57 bits per heavy atom. The minimum atomic E-state index is 0.271. The first kappa shape index (κ1) is 27.9. The number of anilines is 2. The third-order valence-electron chi connectivity index (χ3n) is 6.15. The molecule has 0 aliphatic heterocycles. The quantitative estimate of drug-likeness (QED) is 0.0951. The number of carbonyl (C=O) groups excluding carboxylic acids is 1. The second-order valence-corrected chi connectivity index (χ2v) is 9.15. The Balaban J connectivity index is 0.00000186. The molecule has 1 aliphatic rings. The highest BCUT2D eigenvalue weighted by molar-refractivity contribution is 7.98. The van der Waals surface area contributed by atoms with Crippen molar-refractivity contribution < 1.29 is 14.3 Å². The van der Waals surface area contributed by atoms with Crippen LogP contribution in [0.3, 0.4) is 0 Å². The number of nitrogen functional groups attached to an aromatic ring is 1. The molecule has 0 saturated heterocycles. The number of thioether (sulfide) groups is 1. The molecule has 2 unspecified atom stereocenters. The van der Waals surface area contributed by atoms with Gasteiger partial charge in [-0.2, -0.15) is 0 Å². The van der Waals surface area contributed by atoms with Gasteiger partial charge < -0.3 is 26.3 Å². The van der Waals surface area contributed by atoms with Gasteiger partial charge in [-0.15, -0.1) is 11.8 Å². The number of methoxy groups -OCH3 is 1. The minimum absolute atomic E-state index is 0.271. The SMILES string of the molecule is CC.CCOc1cc(SC)ccc1N=C(N)c1ccc(C2CC2c2cc(OC)ccc2NC=O)cc1N. The fourth-order valence-electron chi connectivity index (χ4n) is 4.30. The first-order valence-electron chi connectivity index (χ1n) is 12.4. The number of aliphatic imine (C=N–C) groups is 1. The molecule has 7 nitrogen and oxygen atoms in total. The summed E-state index contributed by atoms with van der Waals surface area (Å²) in [5.74, 6) is 2.36. The number of hydrogen-bond acceptors (Lipinski definition) is 6. The minimum Gasteiger partial charge on any atom is -0.497 e. The molecule has 37 heavy (non-hydrogen) atoms. The summed E-state index contributed by atoms with van der Waals surface area (Å²) in [5, 5.41) is 2.80. The number of nitrogens with two attached hydrogens (primary N) is 2. The summed E-state index contributed by atoms with van der Waals surface area (Å²) in [6.07, 6.45) is 3.68. The summed E-state index contributed by atoms with van der Waals surface area (Å²) in [6.45, 7) is 6.48. The zero-order valence-corrected chi connectivity index (χ0v) is 22.9. The molecule has 0 spiro atoms. The molecule has 1 fully saturated rings. The van der Waals surface area contributed by atoms with Gasteiger partial charge in [0.2, 0.25) is 6.41 Å². The van der Waals surface area contributed by atoms with Gasteiger partial charge >= 0.3 is 0 Å². The lowest BCUT2D eigenvalue weighted by atomic mass is 10.0. The van der Waals surface area contributed by atoms with Gasteiger partial charge in [-0.1, -0.05) is 19.9 Å². The van der Waals surface area contributed by atoms with Crippen LogP contribution in [0.15, 0.2) is 64.5 Å². The summed E-state index contributed by atoms with van der Waals surface area (Å²) in [7, 11) is 1.64. The van der Waals surface area contributed by atoms with E-state index in [1.54, 1.807) is 18.9 Å². The van der Waals surface area contributed by atoms with E-state index in [1.165, 1.54) is 0 Å². The highest BCUT2D eigenvalue weighted by Gasteiger charge is 2.41. The van der Waals surface area contributed by atoms with Crippen LogP contribution in [0.5, 0.6) is 11.5 Å². The molecule has 2 atom stereocenters. The van der Waals surface area contributed by atoms with E-state index in [9.17, 15) is 4.79 Å². The second kappa shape index (κ2) is 13.1. The molecule has 3 aromatic carbocycles. The van der Waals surface area contributed by atoms with E-state index < -0.39 is 0 Å². The summed E-state index contributed by atoms with van der Waals surface area (Å²) in [6, 6.07) is 17.5. The van der Waals surface area contributed by atoms with Crippen LogP contribution >= 0.6 is 11.8 Å². The smallest absolute Gasteiger partial charge is 0.211 e. The van der Waals surface area contributed by atoms with Crippen molar-refractivity contribution >= 4 is 41.1 Å². The van der Waals surface area contributed by atoms with Crippen molar-refractivity contribution in [2.24, 2.45) is 10.7 Å². The van der Waals surface area contributed by atoms with Crippen molar-refractivity contribution in [3.05, 3.63) is 71.3 Å². The Kier molecular flexibility index (Phi) is 9.85. The van der Waals surface area contributed by atoms with Crippen molar-refractivity contribution in [1.82, 2.24) is 0 Å². The predicted molar refractivity (Wildman–Crippen MR) is 155 cm³/mol. The van der Waals surface area contributed by atoms with E-state index in [0.29, 0.717) is 47.5 Å². The number of ether oxygens (including phenoxy) is 2. The fraction of sp³-hybridized carbons (Fsp3) is 0.310. The average Bonchev–Trinajstić information content (AvgIpc) is 3.72. The first-order chi connectivity index (χ1) is 18.0. The number of rotatable bonds is 10. The van der Waals surface area contributed by atoms with Crippen molar-refractivity contribution in [3.8, 4) is 11.5 Å². The van der Waals surface area contributed by atoms with Gasteiger partial charge in [0.15, 0.2) is 0 Å². The number of benzene rings is 3. The Morgan fingerprint density at radius 2 is 1.92 bits per heavy atom. The number of nitrogens with zero attached hydrogens (tertiary/aromatic N) is 1. The van der Waals surface area contributed by atoms with E-state index in [0.717, 1.165) is 33.9 Å². The topological polar surface area (TPSA) is 112 Å². The summed E-state index contributed by atoms with van der Waals surface area (Å²) < 4.78 is 11.1. The molecule has 196 valence electrons. The largest absolute Gasteiger partial charge is 0.497 e. The third-order valence-corrected chi connectivity index (χ3v) is 6.88. The fourth-order valence-corrected chi connectivity index (χ4v) is 4.73. The predicted octanol–water partition coefficient (Wildman–Crippen LogP) is 6.30. The molecule has 0 bridgehead atoms. The van der Waals surface area contributed by atoms with E-state index in [1.807, 2.05) is 81.6 Å². The van der Waals surface area contributed by atoms with Crippen LogP contribution in [0.25, 0.3) is 0 Å². The van der Waals surface area contributed by atoms with E-state index in [4.69, 9.17) is 20.9 Å². The first-order valence-corrected chi connectivity index (χ1v) is 13.6. The molecule has 8 heteroatoms. The molecule has 1 saturated carbocycles. The Morgan fingerprint density at radius 1 is 1.14 bits per heavy atom. The molecule has 5 N–H and O–H groups in total. The van der Waals surface area contributed by atoms with Gasteiger partial charge in [-0.3, -0.25) is 4.79 Å². The molecular formula is C29H36N4O3S. The van der Waals surface area contributed by atoms with Crippen LogP contribution < -0.4 is 26.3 Å². The number of carbonyl (C=O) groups is 1. The molecule has 0 aromatic heterocycles. The number of amides is 1.